The first-order chi connectivity index (χ1) is 16.7. The quantitative estimate of drug-likeness (QED) is 0.262. The van der Waals surface area contributed by atoms with Gasteiger partial charge in [0.15, 0.2) is 11.8 Å². The normalized spacial score (nSPS) is 14.5. The average molecular weight is 577 g/mol. The van der Waals surface area contributed by atoms with Crippen molar-refractivity contribution in [2.45, 2.75) is 18.4 Å². The smallest absolute Gasteiger partial charge is 0 e. The molecule has 2 bridgehead atoms. The van der Waals surface area contributed by atoms with Gasteiger partial charge in [0.2, 0.25) is 0 Å². The Hall–Kier alpha value is -3.53. The fourth-order valence-corrected chi connectivity index (χ4v) is 2.69. The number of fused-ring (bicyclic) bond motifs is 4. The number of carbonyl (C=O) groups excluding carboxylic acids is 2. The molecule has 1 heterocycles. The Kier molecular flexibility index (Phi) is 42.9. The third kappa shape index (κ3) is 14.0. The van der Waals surface area contributed by atoms with Crippen molar-refractivity contribution in [2.75, 3.05) is 12.0 Å². The number of nitrogens with zero attached hydrogens (tertiary/aromatic N) is 1. The van der Waals surface area contributed by atoms with Crippen molar-refractivity contribution in [1.29, 1.82) is 0 Å². The van der Waals surface area contributed by atoms with Crippen LogP contribution in [0, 0.1) is 63.6 Å². The van der Waals surface area contributed by atoms with Crippen LogP contribution >= 0.6 is 0 Å². The molecule has 2 radical (unpaired) electrons. The van der Waals surface area contributed by atoms with Crippen molar-refractivity contribution in [3.05, 3.63) is 81.9 Å². The predicted molar refractivity (Wildman–Crippen MR) is 106 cm³/mol. The van der Waals surface area contributed by atoms with Gasteiger partial charge in [0.1, 0.15) is 0 Å². The molecule has 2 unspecified atom stereocenters. The third-order valence-electron chi connectivity index (χ3n) is 3.69. The Balaban J connectivity index is -0.000000142. The average Bonchev–Trinajstić information content (AvgIpc) is 2.95. The molecule has 0 N–H and O–H groups in total. The van der Waals surface area contributed by atoms with E-state index in [9.17, 15) is 9.59 Å². The summed E-state index contributed by atoms with van der Waals surface area (Å²) in [6.07, 6.45) is 3.04. The molecule has 2 atom stereocenters. The van der Waals surface area contributed by atoms with E-state index in [1.807, 2.05) is 18.2 Å². The van der Waals surface area contributed by atoms with E-state index in [2.05, 4.69) is 63.6 Å². The summed E-state index contributed by atoms with van der Waals surface area (Å²) in [6.45, 7) is 27.0. The maximum absolute atomic E-state index is 12.8. The second kappa shape index (κ2) is 33.6. The first-order valence-corrected chi connectivity index (χ1v) is 8.11. The van der Waals surface area contributed by atoms with Crippen molar-refractivity contribution in [3.8, 4) is 23.7 Å². The fraction of sp³-hybridized carbons (Fsp3) is 0.167. The molecule has 1 aliphatic heterocycles. The van der Waals surface area contributed by atoms with Crippen molar-refractivity contribution in [3.63, 3.8) is 0 Å². The zero-order valence-corrected chi connectivity index (χ0v) is 20.2. The number of methoxy groups -OCH3 is 1. The van der Waals surface area contributed by atoms with Crippen LogP contribution in [0.3, 0.4) is 0 Å². The SMILES string of the molecule is COC(=O)N1c2ccccc2C2CC#C/C=C\C#CC1C2=O.[C-]#[O+].[C-]#[O+].[C-]#[O+].[C-]#[O+].[C-]#[O+].[C-]#[O+].[Co].[Co]. The van der Waals surface area contributed by atoms with Gasteiger partial charge in [0.25, 0.3) is 0 Å². The summed E-state index contributed by atoms with van der Waals surface area (Å²) >= 11 is 0. The standard InChI is InChI=1S/C18H13NO3.6CO.2Co/c1-22-18(21)19-15-11-8-7-9-13(15)14-10-5-3-2-4-6-12-16(19)17(14)20;6*1-2;;/h2,4,7-9,11,14,16H,10H2,1H3;;;;;;;;/b4-2-;;;;;;;;. The van der Waals surface area contributed by atoms with Crippen LogP contribution in [-0.4, -0.2) is 25.0 Å². The summed E-state index contributed by atoms with van der Waals surface area (Å²) in [5, 5.41) is 0. The van der Waals surface area contributed by atoms with Gasteiger partial charge in [0.05, 0.1) is 18.7 Å². The summed E-state index contributed by atoms with van der Waals surface area (Å²) in [4.78, 5) is 26.3. The minimum atomic E-state index is -0.850. The van der Waals surface area contributed by atoms with Crippen LogP contribution < -0.4 is 4.90 Å². The number of carbonyl (C=O) groups is 2. The molecule has 1 aliphatic carbocycles. The summed E-state index contributed by atoms with van der Waals surface area (Å²) < 4.78 is 49.8. The Morgan fingerprint density at radius 3 is 1.86 bits per heavy atom. The summed E-state index contributed by atoms with van der Waals surface area (Å²) in [6, 6.07) is 6.47. The Morgan fingerprint density at radius 1 is 0.889 bits per heavy atom. The van der Waals surface area contributed by atoms with Gasteiger partial charge in [-0.2, -0.15) is 0 Å². The molecule has 0 saturated carbocycles. The summed E-state index contributed by atoms with van der Waals surface area (Å²) in [5.41, 5.74) is 1.44. The largest absolute Gasteiger partial charge is 0 e. The number of hydrogen-bond acceptors (Lipinski definition) is 3. The molecule has 2 aliphatic rings. The van der Waals surface area contributed by atoms with E-state index in [4.69, 9.17) is 32.6 Å². The molecule has 0 saturated heterocycles. The maximum atomic E-state index is 12.8. The van der Waals surface area contributed by atoms with E-state index in [1.165, 1.54) is 12.0 Å². The van der Waals surface area contributed by atoms with Gasteiger partial charge < -0.3 is 4.74 Å². The molecule has 36 heavy (non-hydrogen) atoms. The van der Waals surface area contributed by atoms with E-state index in [0.717, 1.165) is 5.56 Å². The molecule has 1 aromatic carbocycles. The van der Waals surface area contributed by atoms with Crippen LogP contribution in [0.5, 0.6) is 0 Å². The molecule has 12 heteroatoms. The van der Waals surface area contributed by atoms with Crippen LogP contribution in [0.4, 0.5) is 10.5 Å². The van der Waals surface area contributed by atoms with Crippen molar-refractivity contribution in [2.24, 2.45) is 0 Å². The first-order valence-electron chi connectivity index (χ1n) is 8.11. The van der Waals surface area contributed by atoms with Crippen LogP contribution in [-0.2, 0) is 71.0 Å². The molecule has 3 rings (SSSR count). The Bertz CT molecular complexity index is 1020. The predicted octanol–water partition coefficient (Wildman–Crippen LogP) is 2.03. The zero-order chi connectivity index (χ0) is 27.5. The van der Waals surface area contributed by atoms with E-state index in [0.29, 0.717) is 12.1 Å². The van der Waals surface area contributed by atoms with Crippen molar-refractivity contribution >= 4 is 17.6 Å². The van der Waals surface area contributed by atoms with Gasteiger partial charge in [-0.1, -0.05) is 41.9 Å². The number of para-hydroxylation sites is 1. The maximum Gasteiger partial charge on any atom is 0 e. The van der Waals surface area contributed by atoms with Crippen LogP contribution in [0.2, 0.25) is 0 Å². The van der Waals surface area contributed by atoms with E-state index < -0.39 is 12.1 Å². The number of anilines is 1. The topological polar surface area (TPSA) is 166 Å². The second-order valence-electron chi connectivity index (χ2n) is 4.90. The van der Waals surface area contributed by atoms with Crippen LogP contribution in [0.15, 0.2) is 36.4 Å². The van der Waals surface area contributed by atoms with Gasteiger partial charge in [-0.25, -0.2) is 4.79 Å². The molecule has 0 spiro atoms. The van der Waals surface area contributed by atoms with E-state index in [1.54, 1.807) is 18.2 Å². The number of rotatable bonds is 0. The van der Waals surface area contributed by atoms with Crippen molar-refractivity contribution < 1.29 is 75.8 Å². The number of allylic oxidation sites excluding steroid dienone is 2. The van der Waals surface area contributed by atoms with Gasteiger partial charge in [-0.15, -0.1) is 0 Å². The number of benzene rings is 1. The monoisotopic (exact) mass is 577 g/mol. The molecule has 186 valence electrons. The van der Waals surface area contributed by atoms with E-state index >= 15 is 0 Å². The summed E-state index contributed by atoms with van der Waals surface area (Å²) in [5.74, 6) is 11.0. The first kappa shape index (κ1) is 45.9. The van der Waals surface area contributed by atoms with Gasteiger partial charge in [0, 0.05) is 40.0 Å². The summed E-state index contributed by atoms with van der Waals surface area (Å²) in [7, 11) is 1.29. The van der Waals surface area contributed by atoms with Crippen molar-refractivity contribution in [1.82, 2.24) is 0 Å². The Morgan fingerprint density at radius 2 is 1.36 bits per heavy atom. The second-order valence-corrected chi connectivity index (χ2v) is 4.90. The number of Topliss-reactive ketones (excluding diaryl/α,β-unsaturated/α-hetero) is 1. The number of ether oxygens (including phenoxy) is 1. The minimum Gasteiger partial charge on any atom is 0 e. The number of amides is 1. The zero-order valence-electron chi connectivity index (χ0n) is 18.1. The molecule has 1 aromatic rings. The van der Waals surface area contributed by atoms with Gasteiger partial charge >= 0.3 is 73.9 Å². The molecule has 0 aromatic heterocycles. The van der Waals surface area contributed by atoms with Crippen LogP contribution in [0.25, 0.3) is 0 Å². The van der Waals surface area contributed by atoms with Crippen LogP contribution in [0.1, 0.15) is 17.9 Å². The molecule has 0 fully saturated rings. The number of ketones is 1. The van der Waals surface area contributed by atoms with Gasteiger partial charge in [-0.05, 0) is 23.8 Å². The molecule has 10 nitrogen and oxygen atoms in total. The third-order valence-corrected chi connectivity index (χ3v) is 3.69. The Labute approximate surface area is 228 Å². The molecular formula is C24H13Co2NO9. The van der Waals surface area contributed by atoms with E-state index in [-0.39, 0.29) is 45.3 Å². The number of hydrogen-bond donors (Lipinski definition) is 0. The van der Waals surface area contributed by atoms with Gasteiger partial charge in [-0.3, -0.25) is 9.69 Å². The minimum absolute atomic E-state index is 0. The molecule has 1 amide bonds. The fourth-order valence-electron chi connectivity index (χ4n) is 2.69. The molecular weight excluding hydrogens is 564 g/mol.